The molecule has 3 nitrogen and oxygen atoms in total. The predicted octanol–water partition coefficient (Wildman–Crippen LogP) is 3.94. The summed E-state index contributed by atoms with van der Waals surface area (Å²) in [6.07, 6.45) is 3.58. The molecule has 0 spiro atoms. The number of carbonyl (C=O) groups excluding carboxylic acids is 2. The van der Waals surface area contributed by atoms with E-state index in [4.69, 9.17) is 4.74 Å². The molecule has 1 aromatic rings. The van der Waals surface area contributed by atoms with Crippen LogP contribution in [0.3, 0.4) is 0 Å². The summed E-state index contributed by atoms with van der Waals surface area (Å²) in [5, 5.41) is 0. The number of ketones is 2. The molecule has 6 heteroatoms. The van der Waals surface area contributed by atoms with Gasteiger partial charge in [-0.25, -0.2) is 0 Å². The zero-order valence-electron chi connectivity index (χ0n) is 8.75. The molecule has 0 heterocycles. The van der Waals surface area contributed by atoms with Crippen molar-refractivity contribution in [1.82, 2.24) is 0 Å². The number of ether oxygens (including phenoxy) is 1. The van der Waals surface area contributed by atoms with Crippen LogP contribution in [-0.4, -0.2) is 11.6 Å². The van der Waals surface area contributed by atoms with Gasteiger partial charge in [0, 0.05) is 15.0 Å². The van der Waals surface area contributed by atoms with Crippen molar-refractivity contribution < 1.29 is 14.3 Å². The van der Waals surface area contributed by atoms with Crippen LogP contribution >= 0.6 is 47.8 Å². The number of allylic oxidation sites excluding steroid dienone is 3. The van der Waals surface area contributed by atoms with Crippen LogP contribution in [0.2, 0.25) is 0 Å². The molecule has 0 saturated heterocycles. The molecular formula is C12H5Br3O3. The zero-order valence-corrected chi connectivity index (χ0v) is 13.5. The first-order valence-electron chi connectivity index (χ1n) is 4.78. The summed E-state index contributed by atoms with van der Waals surface area (Å²) >= 11 is 10.1. The molecule has 0 fully saturated rings. The Morgan fingerprint density at radius 3 is 2.39 bits per heavy atom. The molecule has 2 rings (SSSR count). The average Bonchev–Trinajstić information content (AvgIpc) is 2.34. The third kappa shape index (κ3) is 2.81. The largest absolute Gasteiger partial charge is 0.452 e. The van der Waals surface area contributed by atoms with Crippen LogP contribution in [-0.2, 0) is 9.59 Å². The van der Waals surface area contributed by atoms with Crippen molar-refractivity contribution in [3.63, 3.8) is 0 Å². The summed E-state index contributed by atoms with van der Waals surface area (Å²) in [6.45, 7) is 0. The van der Waals surface area contributed by atoms with Crippen LogP contribution in [0.15, 0.2) is 49.5 Å². The molecule has 1 aliphatic carbocycles. The maximum absolute atomic E-state index is 11.5. The molecular weight excluding hydrogens is 432 g/mol. The third-order valence-corrected chi connectivity index (χ3v) is 5.47. The number of benzene rings is 1. The molecule has 0 unspecified atom stereocenters. The van der Waals surface area contributed by atoms with Crippen molar-refractivity contribution >= 4 is 59.4 Å². The van der Waals surface area contributed by atoms with Crippen molar-refractivity contribution in [2.24, 2.45) is 0 Å². The van der Waals surface area contributed by atoms with E-state index in [1.807, 2.05) is 0 Å². The second-order valence-electron chi connectivity index (χ2n) is 3.38. The molecule has 0 saturated carbocycles. The monoisotopic (exact) mass is 434 g/mol. The fourth-order valence-electron chi connectivity index (χ4n) is 1.27. The van der Waals surface area contributed by atoms with Gasteiger partial charge < -0.3 is 4.74 Å². The van der Waals surface area contributed by atoms with Gasteiger partial charge >= 0.3 is 0 Å². The van der Waals surface area contributed by atoms with Crippen molar-refractivity contribution in [3.05, 3.63) is 49.5 Å². The van der Waals surface area contributed by atoms with Gasteiger partial charge in [-0.05, 0) is 72.1 Å². The minimum atomic E-state index is -0.333. The first-order valence-corrected chi connectivity index (χ1v) is 7.16. The second-order valence-corrected chi connectivity index (χ2v) is 5.82. The maximum Gasteiger partial charge on any atom is 0.221 e. The Morgan fingerprint density at radius 2 is 1.67 bits per heavy atom. The SMILES string of the molecule is O=C1C=CC(=O)C(Oc2ccc(Br)c(Br)c2Br)=C1. The first kappa shape index (κ1) is 13.7. The number of hydrogen-bond acceptors (Lipinski definition) is 3. The maximum atomic E-state index is 11.5. The summed E-state index contributed by atoms with van der Waals surface area (Å²) < 4.78 is 7.72. The van der Waals surface area contributed by atoms with Crippen LogP contribution in [0, 0.1) is 0 Å². The summed E-state index contributed by atoms with van der Waals surface area (Å²) in [5.74, 6) is -0.136. The van der Waals surface area contributed by atoms with E-state index < -0.39 is 0 Å². The molecule has 0 radical (unpaired) electrons. The normalized spacial score (nSPS) is 14.7. The van der Waals surface area contributed by atoms with Gasteiger partial charge in [-0.1, -0.05) is 0 Å². The van der Waals surface area contributed by atoms with Gasteiger partial charge in [0.1, 0.15) is 5.75 Å². The summed E-state index contributed by atoms with van der Waals surface area (Å²) in [5.41, 5.74) is 0. The lowest BCUT2D eigenvalue weighted by Gasteiger charge is -2.12. The number of hydrogen-bond donors (Lipinski definition) is 0. The second kappa shape index (κ2) is 5.50. The Labute approximate surface area is 128 Å². The smallest absolute Gasteiger partial charge is 0.221 e. The zero-order chi connectivity index (χ0) is 13.3. The van der Waals surface area contributed by atoms with Crippen molar-refractivity contribution in [1.29, 1.82) is 0 Å². The van der Waals surface area contributed by atoms with Gasteiger partial charge in [0.25, 0.3) is 0 Å². The Morgan fingerprint density at radius 1 is 0.944 bits per heavy atom. The van der Waals surface area contributed by atoms with Crippen molar-refractivity contribution in [3.8, 4) is 5.75 Å². The third-order valence-electron chi connectivity index (χ3n) is 2.13. The van der Waals surface area contributed by atoms with Gasteiger partial charge in [0.05, 0.1) is 4.47 Å². The van der Waals surface area contributed by atoms with Gasteiger partial charge in [-0.15, -0.1) is 0 Å². The minimum absolute atomic E-state index is 0.0115. The molecule has 0 aromatic heterocycles. The van der Waals surface area contributed by atoms with Gasteiger partial charge in [0.2, 0.25) is 5.78 Å². The highest BCUT2D eigenvalue weighted by atomic mass is 79.9. The van der Waals surface area contributed by atoms with E-state index in [2.05, 4.69) is 47.8 Å². The predicted molar refractivity (Wildman–Crippen MR) is 77.4 cm³/mol. The van der Waals surface area contributed by atoms with Crippen LogP contribution in [0.25, 0.3) is 0 Å². The van der Waals surface area contributed by atoms with Gasteiger partial charge in [-0.2, -0.15) is 0 Å². The quantitative estimate of drug-likeness (QED) is 0.521. The fourth-order valence-corrected chi connectivity index (χ4v) is 2.62. The van der Waals surface area contributed by atoms with E-state index in [9.17, 15) is 9.59 Å². The Kier molecular flexibility index (Phi) is 4.19. The first-order chi connectivity index (χ1) is 8.49. The molecule has 0 aliphatic heterocycles. The average molecular weight is 437 g/mol. The molecule has 92 valence electrons. The number of carbonyl (C=O) groups is 2. The lowest BCUT2D eigenvalue weighted by Crippen LogP contribution is -2.12. The highest BCUT2D eigenvalue weighted by Crippen LogP contribution is 2.38. The lowest BCUT2D eigenvalue weighted by molar-refractivity contribution is -0.116. The van der Waals surface area contributed by atoms with Gasteiger partial charge in [0.15, 0.2) is 11.5 Å². The van der Waals surface area contributed by atoms with E-state index in [-0.39, 0.29) is 17.3 Å². The van der Waals surface area contributed by atoms with Crippen molar-refractivity contribution in [2.45, 2.75) is 0 Å². The van der Waals surface area contributed by atoms with E-state index in [0.717, 1.165) is 8.95 Å². The molecule has 1 aliphatic rings. The van der Waals surface area contributed by atoms with E-state index in [0.29, 0.717) is 10.2 Å². The molecule has 1 aromatic carbocycles. The number of halogens is 3. The standard InChI is InChI=1S/C12H5Br3O3/c13-7-2-4-9(12(15)11(7)14)18-10-5-6(16)1-3-8(10)17/h1-5H. The van der Waals surface area contributed by atoms with E-state index in [1.165, 1.54) is 18.2 Å². The van der Waals surface area contributed by atoms with Gasteiger partial charge in [-0.3, -0.25) is 9.59 Å². The van der Waals surface area contributed by atoms with Crippen LogP contribution in [0.1, 0.15) is 0 Å². The fraction of sp³-hybridized carbons (Fsp3) is 0. The van der Waals surface area contributed by atoms with Crippen LogP contribution in [0.4, 0.5) is 0 Å². The van der Waals surface area contributed by atoms with Crippen LogP contribution in [0.5, 0.6) is 5.75 Å². The van der Waals surface area contributed by atoms with Crippen molar-refractivity contribution in [2.75, 3.05) is 0 Å². The topological polar surface area (TPSA) is 43.4 Å². The molecule has 0 atom stereocenters. The summed E-state index contributed by atoms with van der Waals surface area (Å²) in [6, 6.07) is 3.46. The molecule has 0 N–H and O–H groups in total. The highest BCUT2D eigenvalue weighted by Gasteiger charge is 2.18. The Hall–Kier alpha value is -0.720. The summed E-state index contributed by atoms with van der Waals surface area (Å²) in [4.78, 5) is 22.7. The van der Waals surface area contributed by atoms with E-state index >= 15 is 0 Å². The molecule has 0 amide bonds. The highest BCUT2D eigenvalue weighted by molar-refractivity contribution is 9.14. The van der Waals surface area contributed by atoms with Crippen LogP contribution < -0.4 is 4.74 Å². The minimum Gasteiger partial charge on any atom is -0.452 e. The Bertz CT molecular complexity index is 603. The lowest BCUT2D eigenvalue weighted by atomic mass is 10.1. The molecule has 18 heavy (non-hydrogen) atoms. The van der Waals surface area contributed by atoms with E-state index in [1.54, 1.807) is 12.1 Å². The molecule has 0 bridgehead atoms. The number of rotatable bonds is 2. The Balaban J connectivity index is 2.33. The summed E-state index contributed by atoms with van der Waals surface area (Å²) in [7, 11) is 0.